The average molecular weight is 423 g/mol. The van der Waals surface area contributed by atoms with Gasteiger partial charge in [-0.25, -0.2) is 4.79 Å². The molecular formula is C20H23ClN2O6. The zero-order chi connectivity index (χ0) is 21.2. The number of nitrogens with zero attached hydrogens (tertiary/aromatic N) is 1. The van der Waals surface area contributed by atoms with Crippen LogP contribution in [0, 0.1) is 0 Å². The smallest absolute Gasteiger partial charge is 0.341 e. The van der Waals surface area contributed by atoms with Gasteiger partial charge in [0.15, 0.2) is 29.6 Å². The molecule has 156 valence electrons. The van der Waals surface area contributed by atoms with Crippen molar-refractivity contribution in [3.63, 3.8) is 0 Å². The highest BCUT2D eigenvalue weighted by Gasteiger charge is 2.13. The van der Waals surface area contributed by atoms with Gasteiger partial charge >= 0.3 is 5.97 Å². The maximum absolute atomic E-state index is 10.7. The lowest BCUT2D eigenvalue weighted by molar-refractivity contribution is -0.139. The summed E-state index contributed by atoms with van der Waals surface area (Å²) in [5, 5.41) is 13.2. The zero-order valence-electron chi connectivity index (χ0n) is 16.4. The van der Waals surface area contributed by atoms with E-state index in [2.05, 4.69) is 10.5 Å². The third-order valence-corrected chi connectivity index (χ3v) is 3.99. The van der Waals surface area contributed by atoms with Gasteiger partial charge in [0.25, 0.3) is 0 Å². The highest BCUT2D eigenvalue weighted by molar-refractivity contribution is 6.32. The van der Waals surface area contributed by atoms with Gasteiger partial charge in [-0.2, -0.15) is 5.10 Å². The minimum atomic E-state index is -1.10. The SMILES string of the molecule is CCOc1cc(/C=N/NCc2ccc(OC)c(OC)c2)cc(Cl)c1OCC(=O)O. The Morgan fingerprint density at radius 2 is 1.90 bits per heavy atom. The summed E-state index contributed by atoms with van der Waals surface area (Å²) in [6, 6.07) is 8.88. The number of aliphatic carboxylic acids is 1. The Morgan fingerprint density at radius 1 is 1.14 bits per heavy atom. The van der Waals surface area contributed by atoms with Crippen LogP contribution in [0.25, 0.3) is 0 Å². The molecule has 0 amide bonds. The third kappa shape index (κ3) is 6.46. The molecule has 8 nitrogen and oxygen atoms in total. The highest BCUT2D eigenvalue weighted by atomic mass is 35.5. The van der Waals surface area contributed by atoms with Crippen molar-refractivity contribution in [2.45, 2.75) is 13.5 Å². The number of carboxylic acids is 1. The summed E-state index contributed by atoms with van der Waals surface area (Å²) in [4.78, 5) is 10.7. The average Bonchev–Trinajstić information content (AvgIpc) is 2.70. The molecule has 29 heavy (non-hydrogen) atoms. The van der Waals surface area contributed by atoms with Crippen molar-refractivity contribution in [1.29, 1.82) is 0 Å². The van der Waals surface area contributed by atoms with Gasteiger partial charge in [-0.05, 0) is 42.3 Å². The quantitative estimate of drug-likeness (QED) is 0.423. The number of hydrazone groups is 1. The van der Waals surface area contributed by atoms with Crippen molar-refractivity contribution in [2.75, 3.05) is 27.4 Å². The summed E-state index contributed by atoms with van der Waals surface area (Å²) in [5.74, 6) is 0.728. The van der Waals surface area contributed by atoms with Crippen molar-refractivity contribution in [1.82, 2.24) is 5.43 Å². The van der Waals surface area contributed by atoms with Crippen molar-refractivity contribution in [3.05, 3.63) is 46.5 Å². The number of carboxylic acid groups (broad SMARTS) is 1. The van der Waals surface area contributed by atoms with Crippen LogP contribution < -0.4 is 24.4 Å². The first kappa shape index (κ1) is 22.2. The Kier molecular flexibility index (Phi) is 8.42. The molecule has 0 radical (unpaired) electrons. The molecule has 0 atom stereocenters. The molecule has 0 fully saturated rings. The van der Waals surface area contributed by atoms with Crippen molar-refractivity contribution in [2.24, 2.45) is 5.10 Å². The molecule has 0 unspecified atom stereocenters. The third-order valence-electron chi connectivity index (χ3n) is 3.71. The number of hydrogen-bond acceptors (Lipinski definition) is 7. The molecule has 0 aromatic heterocycles. The van der Waals surface area contributed by atoms with Crippen LogP contribution in [0.1, 0.15) is 18.1 Å². The summed E-state index contributed by atoms with van der Waals surface area (Å²) in [7, 11) is 3.16. The molecule has 2 rings (SSSR count). The Hall–Kier alpha value is -3.13. The molecule has 0 saturated heterocycles. The highest BCUT2D eigenvalue weighted by Crippen LogP contribution is 2.36. The van der Waals surface area contributed by atoms with Gasteiger partial charge in [0.05, 0.1) is 38.6 Å². The van der Waals surface area contributed by atoms with Crippen LogP contribution in [-0.4, -0.2) is 44.7 Å². The molecule has 0 saturated carbocycles. The molecule has 2 aromatic rings. The van der Waals surface area contributed by atoms with Crippen LogP contribution >= 0.6 is 11.6 Å². The van der Waals surface area contributed by atoms with E-state index in [4.69, 9.17) is 35.7 Å². The summed E-state index contributed by atoms with van der Waals surface area (Å²) in [6.45, 7) is 2.14. The molecule has 2 N–H and O–H groups in total. The number of carbonyl (C=O) groups is 1. The molecule has 0 aliphatic rings. The number of rotatable bonds is 11. The van der Waals surface area contributed by atoms with Crippen molar-refractivity contribution >= 4 is 23.8 Å². The summed E-state index contributed by atoms with van der Waals surface area (Å²) in [6.07, 6.45) is 1.58. The van der Waals surface area contributed by atoms with Gasteiger partial charge in [-0.1, -0.05) is 17.7 Å². The first-order valence-electron chi connectivity index (χ1n) is 8.76. The number of halogens is 1. The van der Waals surface area contributed by atoms with Crippen LogP contribution in [0.3, 0.4) is 0 Å². The molecule has 0 heterocycles. The fourth-order valence-electron chi connectivity index (χ4n) is 2.45. The molecule has 2 aromatic carbocycles. The zero-order valence-corrected chi connectivity index (χ0v) is 17.2. The van der Waals surface area contributed by atoms with Gasteiger partial charge in [0.1, 0.15) is 0 Å². The molecule has 0 aliphatic heterocycles. The number of hydrogen-bond donors (Lipinski definition) is 2. The number of nitrogens with one attached hydrogen (secondary N) is 1. The molecular weight excluding hydrogens is 400 g/mol. The van der Waals surface area contributed by atoms with Gasteiger partial charge < -0.3 is 29.5 Å². The number of ether oxygens (including phenoxy) is 4. The van der Waals surface area contributed by atoms with E-state index in [1.807, 2.05) is 18.2 Å². The van der Waals surface area contributed by atoms with E-state index in [0.717, 1.165) is 5.56 Å². The molecule has 0 aliphatic carbocycles. The van der Waals surface area contributed by atoms with Crippen LogP contribution in [0.4, 0.5) is 0 Å². The van der Waals surface area contributed by atoms with Gasteiger partial charge in [-0.15, -0.1) is 0 Å². The second-order valence-corrected chi connectivity index (χ2v) is 6.14. The number of methoxy groups -OCH3 is 2. The first-order valence-corrected chi connectivity index (χ1v) is 9.14. The lowest BCUT2D eigenvalue weighted by Crippen LogP contribution is -2.11. The van der Waals surface area contributed by atoms with Gasteiger partial charge in [0, 0.05) is 0 Å². The fraction of sp³-hybridized carbons (Fsp3) is 0.300. The van der Waals surface area contributed by atoms with E-state index in [9.17, 15) is 4.79 Å². The Balaban J connectivity index is 2.07. The van der Waals surface area contributed by atoms with Crippen LogP contribution in [0.5, 0.6) is 23.0 Å². The maximum Gasteiger partial charge on any atom is 0.341 e. The van der Waals surface area contributed by atoms with E-state index in [1.165, 1.54) is 0 Å². The lowest BCUT2D eigenvalue weighted by Gasteiger charge is -2.13. The van der Waals surface area contributed by atoms with E-state index in [0.29, 0.717) is 36.0 Å². The minimum Gasteiger partial charge on any atom is -0.493 e. The van der Waals surface area contributed by atoms with E-state index in [-0.39, 0.29) is 10.8 Å². The van der Waals surface area contributed by atoms with Crippen LogP contribution in [-0.2, 0) is 11.3 Å². The Bertz CT molecular complexity index is 872. The van der Waals surface area contributed by atoms with Crippen molar-refractivity contribution < 1.29 is 28.8 Å². The van der Waals surface area contributed by atoms with Gasteiger partial charge in [0.2, 0.25) is 0 Å². The van der Waals surface area contributed by atoms with E-state index >= 15 is 0 Å². The molecule has 0 bridgehead atoms. The standard InChI is InChI=1S/C20H23ClN2O6/c1-4-28-18-9-14(7-15(21)20(18)29-12-19(24)25)11-23-22-10-13-5-6-16(26-2)17(8-13)27-3/h5-9,11,22H,4,10,12H2,1-3H3,(H,24,25)/b23-11+. The molecule has 9 heteroatoms. The van der Waals surface area contributed by atoms with Gasteiger partial charge in [-0.3, -0.25) is 0 Å². The number of benzene rings is 2. The first-order chi connectivity index (χ1) is 14.0. The Morgan fingerprint density at radius 3 is 2.55 bits per heavy atom. The maximum atomic E-state index is 10.7. The second-order valence-electron chi connectivity index (χ2n) is 5.73. The second kappa shape index (κ2) is 11.0. The Labute approximate surface area is 174 Å². The monoisotopic (exact) mass is 422 g/mol. The lowest BCUT2D eigenvalue weighted by atomic mass is 10.2. The van der Waals surface area contributed by atoms with E-state index < -0.39 is 12.6 Å². The predicted octanol–water partition coefficient (Wildman–Crippen LogP) is 3.34. The summed E-state index contributed by atoms with van der Waals surface area (Å²) >= 11 is 6.22. The summed E-state index contributed by atoms with van der Waals surface area (Å²) < 4.78 is 21.2. The van der Waals surface area contributed by atoms with E-state index in [1.54, 1.807) is 39.5 Å². The summed E-state index contributed by atoms with van der Waals surface area (Å²) in [5.41, 5.74) is 4.58. The molecule has 0 spiro atoms. The fourth-order valence-corrected chi connectivity index (χ4v) is 2.72. The topological polar surface area (TPSA) is 98.6 Å². The van der Waals surface area contributed by atoms with Crippen LogP contribution in [0.2, 0.25) is 5.02 Å². The largest absolute Gasteiger partial charge is 0.493 e. The van der Waals surface area contributed by atoms with Crippen molar-refractivity contribution in [3.8, 4) is 23.0 Å². The predicted molar refractivity (Wildman–Crippen MR) is 110 cm³/mol. The minimum absolute atomic E-state index is 0.186. The van der Waals surface area contributed by atoms with Crippen LogP contribution in [0.15, 0.2) is 35.4 Å². The normalized spacial score (nSPS) is 10.6.